The summed E-state index contributed by atoms with van der Waals surface area (Å²) >= 11 is 0. The van der Waals surface area contributed by atoms with Crippen molar-refractivity contribution >= 4 is 0 Å². The van der Waals surface area contributed by atoms with E-state index in [0.717, 1.165) is 29.6 Å². The molecule has 0 saturated carbocycles. The fourth-order valence-corrected chi connectivity index (χ4v) is 2.74. The zero-order valence-corrected chi connectivity index (χ0v) is 11.4. The summed E-state index contributed by atoms with van der Waals surface area (Å²) in [5.41, 5.74) is 1.99. The molecule has 0 aliphatic carbocycles. The second kappa shape index (κ2) is 5.09. The van der Waals surface area contributed by atoms with E-state index in [1.807, 2.05) is 13.1 Å². The largest absolute Gasteiger partial charge is 0.343 e. The normalized spacial score (nSPS) is 20.6. The number of aryl methyl sites for hydroxylation is 1. The van der Waals surface area contributed by atoms with Gasteiger partial charge in [-0.15, -0.1) is 0 Å². The number of hydrogen-bond donors (Lipinski definition) is 1. The van der Waals surface area contributed by atoms with Gasteiger partial charge in [-0.05, 0) is 39.4 Å². The summed E-state index contributed by atoms with van der Waals surface area (Å²) in [6, 6.07) is 2.47. The molecule has 1 fully saturated rings. The third-order valence-electron chi connectivity index (χ3n) is 3.71. The standard InChI is InChI=1S/C14H19N5/c1-10-17-11(13-5-3-4-8-19(13)2)9-12(18-10)14-15-6-7-16-14/h6-7,9,13H,3-5,8H2,1-2H3,(H,15,16)/t13-/m1/s1. The van der Waals surface area contributed by atoms with Crippen LogP contribution in [0.1, 0.15) is 36.8 Å². The predicted molar refractivity (Wildman–Crippen MR) is 73.6 cm³/mol. The fourth-order valence-electron chi connectivity index (χ4n) is 2.74. The monoisotopic (exact) mass is 257 g/mol. The van der Waals surface area contributed by atoms with Gasteiger partial charge >= 0.3 is 0 Å². The zero-order valence-electron chi connectivity index (χ0n) is 11.4. The summed E-state index contributed by atoms with van der Waals surface area (Å²) in [4.78, 5) is 18.9. The summed E-state index contributed by atoms with van der Waals surface area (Å²) in [6.45, 7) is 3.09. The lowest BCUT2D eigenvalue weighted by molar-refractivity contribution is 0.183. The van der Waals surface area contributed by atoms with Crippen molar-refractivity contribution < 1.29 is 0 Å². The molecule has 3 rings (SSSR count). The molecule has 1 aliphatic heterocycles. The molecule has 0 amide bonds. The minimum Gasteiger partial charge on any atom is -0.343 e. The Morgan fingerprint density at radius 1 is 1.32 bits per heavy atom. The van der Waals surface area contributed by atoms with E-state index in [0.29, 0.717) is 6.04 Å². The van der Waals surface area contributed by atoms with E-state index in [4.69, 9.17) is 0 Å². The van der Waals surface area contributed by atoms with Gasteiger partial charge in [-0.2, -0.15) is 0 Å². The molecule has 0 spiro atoms. The van der Waals surface area contributed by atoms with Gasteiger partial charge in [0, 0.05) is 12.4 Å². The summed E-state index contributed by atoms with van der Waals surface area (Å²) in [5, 5.41) is 0. The van der Waals surface area contributed by atoms with Gasteiger partial charge < -0.3 is 4.98 Å². The molecule has 0 aromatic carbocycles. The molecule has 100 valence electrons. The Morgan fingerprint density at radius 3 is 2.95 bits per heavy atom. The summed E-state index contributed by atoms with van der Waals surface area (Å²) in [7, 11) is 2.17. The van der Waals surface area contributed by atoms with E-state index in [-0.39, 0.29) is 0 Å². The van der Waals surface area contributed by atoms with Crippen molar-refractivity contribution in [2.24, 2.45) is 0 Å². The van der Waals surface area contributed by atoms with Gasteiger partial charge in [0.25, 0.3) is 0 Å². The maximum atomic E-state index is 4.62. The summed E-state index contributed by atoms with van der Waals surface area (Å²) in [5.74, 6) is 1.62. The predicted octanol–water partition coefficient (Wildman–Crippen LogP) is 2.33. The Labute approximate surface area is 113 Å². The summed E-state index contributed by atoms with van der Waals surface area (Å²) < 4.78 is 0. The van der Waals surface area contributed by atoms with Gasteiger partial charge in [0.1, 0.15) is 11.5 Å². The Morgan fingerprint density at radius 2 is 2.21 bits per heavy atom. The van der Waals surface area contributed by atoms with Crippen molar-refractivity contribution in [2.75, 3.05) is 13.6 Å². The Hall–Kier alpha value is -1.75. The Bertz CT molecular complexity index is 549. The molecule has 5 nitrogen and oxygen atoms in total. The number of aromatic nitrogens is 4. The first kappa shape index (κ1) is 12.3. The Kier molecular flexibility index (Phi) is 3.29. The molecule has 1 N–H and O–H groups in total. The molecule has 3 heterocycles. The molecule has 1 aliphatic rings. The minimum atomic E-state index is 0.407. The average Bonchev–Trinajstić information content (AvgIpc) is 2.92. The fraction of sp³-hybridized carbons (Fsp3) is 0.500. The number of nitrogens with zero attached hydrogens (tertiary/aromatic N) is 4. The SMILES string of the molecule is Cc1nc(-c2ncc[nH]2)cc([C@H]2CCCCN2C)n1. The van der Waals surface area contributed by atoms with Crippen LogP contribution in [0.2, 0.25) is 0 Å². The van der Waals surface area contributed by atoms with Crippen LogP contribution >= 0.6 is 0 Å². The second-order valence-corrected chi connectivity index (χ2v) is 5.16. The molecule has 0 bridgehead atoms. The smallest absolute Gasteiger partial charge is 0.156 e. The third-order valence-corrected chi connectivity index (χ3v) is 3.71. The number of likely N-dealkylation sites (tertiary alicyclic amines) is 1. The van der Waals surface area contributed by atoms with Crippen LogP contribution in [-0.2, 0) is 0 Å². The maximum absolute atomic E-state index is 4.62. The lowest BCUT2D eigenvalue weighted by Gasteiger charge is -2.32. The first-order valence-electron chi connectivity index (χ1n) is 6.79. The van der Waals surface area contributed by atoms with E-state index < -0.39 is 0 Å². The van der Waals surface area contributed by atoms with Crippen LogP contribution < -0.4 is 0 Å². The molecular formula is C14H19N5. The van der Waals surface area contributed by atoms with Gasteiger partial charge in [-0.3, -0.25) is 4.90 Å². The maximum Gasteiger partial charge on any atom is 0.156 e. The number of hydrogen-bond acceptors (Lipinski definition) is 4. The van der Waals surface area contributed by atoms with Gasteiger partial charge in [0.15, 0.2) is 5.82 Å². The Balaban J connectivity index is 1.97. The van der Waals surface area contributed by atoms with Crippen molar-refractivity contribution in [3.05, 3.63) is 30.0 Å². The molecule has 2 aromatic heterocycles. The molecule has 0 radical (unpaired) electrons. The highest BCUT2D eigenvalue weighted by atomic mass is 15.1. The minimum absolute atomic E-state index is 0.407. The highest BCUT2D eigenvalue weighted by molar-refractivity contribution is 5.49. The topological polar surface area (TPSA) is 57.7 Å². The first-order valence-corrected chi connectivity index (χ1v) is 6.79. The van der Waals surface area contributed by atoms with Gasteiger partial charge in [-0.25, -0.2) is 15.0 Å². The number of H-pyrrole nitrogens is 1. The van der Waals surface area contributed by atoms with Crippen LogP contribution in [0.4, 0.5) is 0 Å². The van der Waals surface area contributed by atoms with Crippen molar-refractivity contribution in [1.82, 2.24) is 24.8 Å². The summed E-state index contributed by atoms with van der Waals surface area (Å²) in [6.07, 6.45) is 7.29. The highest BCUT2D eigenvalue weighted by Crippen LogP contribution is 2.29. The average molecular weight is 257 g/mol. The molecule has 1 atom stereocenters. The highest BCUT2D eigenvalue weighted by Gasteiger charge is 2.23. The zero-order chi connectivity index (χ0) is 13.2. The lowest BCUT2D eigenvalue weighted by atomic mass is 9.99. The second-order valence-electron chi connectivity index (χ2n) is 5.16. The number of aromatic amines is 1. The quantitative estimate of drug-likeness (QED) is 0.897. The van der Waals surface area contributed by atoms with Crippen molar-refractivity contribution in [2.45, 2.75) is 32.2 Å². The van der Waals surface area contributed by atoms with Crippen molar-refractivity contribution in [3.8, 4) is 11.5 Å². The van der Waals surface area contributed by atoms with Crippen LogP contribution in [0.3, 0.4) is 0 Å². The third kappa shape index (κ3) is 2.51. The molecule has 2 aromatic rings. The number of nitrogens with one attached hydrogen (secondary N) is 1. The van der Waals surface area contributed by atoms with Crippen molar-refractivity contribution in [1.29, 1.82) is 0 Å². The van der Waals surface area contributed by atoms with E-state index in [2.05, 4.69) is 37.9 Å². The van der Waals surface area contributed by atoms with E-state index >= 15 is 0 Å². The van der Waals surface area contributed by atoms with Gasteiger partial charge in [-0.1, -0.05) is 6.42 Å². The molecular weight excluding hydrogens is 238 g/mol. The van der Waals surface area contributed by atoms with Crippen LogP contribution in [0.25, 0.3) is 11.5 Å². The van der Waals surface area contributed by atoms with E-state index in [1.54, 1.807) is 6.20 Å². The molecule has 0 unspecified atom stereocenters. The molecule has 1 saturated heterocycles. The van der Waals surface area contributed by atoms with Crippen LogP contribution in [0.5, 0.6) is 0 Å². The lowest BCUT2D eigenvalue weighted by Crippen LogP contribution is -2.30. The van der Waals surface area contributed by atoms with Crippen LogP contribution in [-0.4, -0.2) is 38.4 Å². The number of rotatable bonds is 2. The van der Waals surface area contributed by atoms with E-state index in [1.165, 1.54) is 19.3 Å². The molecule has 19 heavy (non-hydrogen) atoms. The number of imidazole rings is 1. The van der Waals surface area contributed by atoms with Crippen LogP contribution in [0, 0.1) is 6.92 Å². The first-order chi connectivity index (χ1) is 9.24. The number of piperidine rings is 1. The molecule has 5 heteroatoms. The van der Waals surface area contributed by atoms with Crippen molar-refractivity contribution in [3.63, 3.8) is 0 Å². The van der Waals surface area contributed by atoms with Crippen LogP contribution in [0.15, 0.2) is 18.5 Å². The van der Waals surface area contributed by atoms with Gasteiger partial charge in [0.2, 0.25) is 0 Å². The van der Waals surface area contributed by atoms with Gasteiger partial charge in [0.05, 0.1) is 11.7 Å². The van der Waals surface area contributed by atoms with E-state index in [9.17, 15) is 0 Å².